The molecule has 1 rings (SSSR count). The Balaban J connectivity index is 2.92. The van der Waals surface area contributed by atoms with Crippen LogP contribution in [0.25, 0.3) is 0 Å². The molecular formula is C9H10BrN3O. The summed E-state index contributed by atoms with van der Waals surface area (Å²) in [5, 5.41) is 6.87. The predicted molar refractivity (Wildman–Crippen MR) is 59.1 cm³/mol. The van der Waals surface area contributed by atoms with Gasteiger partial charge in [-0.3, -0.25) is 4.79 Å². The van der Waals surface area contributed by atoms with Crippen LogP contribution in [-0.4, -0.2) is 16.3 Å². The van der Waals surface area contributed by atoms with Crippen molar-refractivity contribution >= 4 is 21.6 Å². The second-order valence-electron chi connectivity index (χ2n) is 2.58. The molecule has 1 aromatic rings. The zero-order valence-corrected chi connectivity index (χ0v) is 9.55. The molecule has 0 aromatic carbocycles. The van der Waals surface area contributed by atoms with Crippen LogP contribution in [-0.2, 0) is 7.05 Å². The highest BCUT2D eigenvalue weighted by atomic mass is 79.9. The summed E-state index contributed by atoms with van der Waals surface area (Å²) in [6, 6.07) is 0. The summed E-state index contributed by atoms with van der Waals surface area (Å²) in [4.78, 5) is 11.4. The summed E-state index contributed by atoms with van der Waals surface area (Å²) in [5.41, 5.74) is 0.496. The van der Waals surface area contributed by atoms with Crippen LogP contribution in [0.4, 0.5) is 5.69 Å². The van der Waals surface area contributed by atoms with E-state index in [-0.39, 0.29) is 5.56 Å². The molecule has 14 heavy (non-hydrogen) atoms. The molecule has 5 heteroatoms. The average molecular weight is 256 g/mol. The minimum absolute atomic E-state index is 0.167. The molecule has 0 spiro atoms. The van der Waals surface area contributed by atoms with Crippen molar-refractivity contribution in [3.63, 3.8) is 0 Å². The standard InChI is InChI=1S/C9H10BrN3O/c1-3-4-5-11-7-6-12-13(2)9(14)8(7)10/h6,11H,5H2,1-2H3. The molecule has 0 bridgehead atoms. The highest BCUT2D eigenvalue weighted by molar-refractivity contribution is 9.10. The summed E-state index contributed by atoms with van der Waals surface area (Å²) in [6.07, 6.45) is 1.59. The van der Waals surface area contributed by atoms with Gasteiger partial charge in [0.25, 0.3) is 5.56 Å². The minimum atomic E-state index is -0.167. The molecule has 0 atom stereocenters. The number of aryl methyl sites for hydroxylation is 1. The Bertz CT molecular complexity index is 442. The van der Waals surface area contributed by atoms with E-state index in [1.807, 2.05) is 0 Å². The summed E-state index contributed by atoms with van der Waals surface area (Å²) in [5.74, 6) is 5.59. The predicted octanol–water partition coefficient (Wildman–Crippen LogP) is 0.978. The van der Waals surface area contributed by atoms with E-state index in [1.54, 1.807) is 20.2 Å². The molecule has 0 aliphatic heterocycles. The van der Waals surface area contributed by atoms with Crippen molar-refractivity contribution in [1.82, 2.24) is 9.78 Å². The zero-order chi connectivity index (χ0) is 10.6. The molecule has 0 unspecified atom stereocenters. The molecule has 0 saturated carbocycles. The first-order chi connectivity index (χ1) is 6.66. The minimum Gasteiger partial charge on any atom is -0.372 e. The zero-order valence-electron chi connectivity index (χ0n) is 7.97. The van der Waals surface area contributed by atoms with Gasteiger partial charge >= 0.3 is 0 Å². The second kappa shape index (κ2) is 4.82. The van der Waals surface area contributed by atoms with Crippen LogP contribution in [0.1, 0.15) is 6.92 Å². The van der Waals surface area contributed by atoms with Crippen LogP contribution in [0.15, 0.2) is 15.5 Å². The third-order valence-electron chi connectivity index (χ3n) is 1.62. The number of anilines is 1. The van der Waals surface area contributed by atoms with Gasteiger partial charge in [0.15, 0.2) is 0 Å². The molecular weight excluding hydrogens is 246 g/mol. The van der Waals surface area contributed by atoms with Gasteiger partial charge in [-0.1, -0.05) is 5.92 Å². The molecule has 0 aliphatic carbocycles. The van der Waals surface area contributed by atoms with E-state index in [0.717, 1.165) is 0 Å². The van der Waals surface area contributed by atoms with E-state index in [2.05, 4.69) is 38.2 Å². The van der Waals surface area contributed by atoms with E-state index in [4.69, 9.17) is 0 Å². The number of hydrogen-bond acceptors (Lipinski definition) is 3. The molecule has 0 amide bonds. The molecule has 0 aliphatic rings. The first-order valence-electron chi connectivity index (χ1n) is 4.02. The normalized spacial score (nSPS) is 9.07. The maximum Gasteiger partial charge on any atom is 0.282 e. The molecule has 1 aromatic heterocycles. The Labute approximate surface area is 90.5 Å². The molecule has 74 valence electrons. The third kappa shape index (κ3) is 2.36. The Morgan fingerprint density at radius 1 is 1.71 bits per heavy atom. The van der Waals surface area contributed by atoms with E-state index < -0.39 is 0 Å². The second-order valence-corrected chi connectivity index (χ2v) is 3.37. The monoisotopic (exact) mass is 255 g/mol. The number of halogens is 1. The Kier molecular flexibility index (Phi) is 3.72. The Hall–Kier alpha value is -1.28. The van der Waals surface area contributed by atoms with Crippen molar-refractivity contribution in [2.45, 2.75) is 6.92 Å². The SMILES string of the molecule is CC#CCNc1cnn(C)c(=O)c1Br. The lowest BCUT2D eigenvalue weighted by atomic mass is 10.4. The first kappa shape index (κ1) is 10.8. The molecule has 0 radical (unpaired) electrons. The van der Waals surface area contributed by atoms with E-state index in [1.165, 1.54) is 4.68 Å². The fourth-order valence-corrected chi connectivity index (χ4v) is 1.36. The maximum absolute atomic E-state index is 11.4. The van der Waals surface area contributed by atoms with Crippen molar-refractivity contribution in [1.29, 1.82) is 0 Å². The van der Waals surface area contributed by atoms with Crippen LogP contribution in [0, 0.1) is 11.8 Å². The lowest BCUT2D eigenvalue weighted by Crippen LogP contribution is -2.21. The van der Waals surface area contributed by atoms with Crippen LogP contribution in [0.2, 0.25) is 0 Å². The Morgan fingerprint density at radius 2 is 2.43 bits per heavy atom. The first-order valence-corrected chi connectivity index (χ1v) is 4.81. The summed E-state index contributed by atoms with van der Waals surface area (Å²) >= 11 is 3.20. The largest absolute Gasteiger partial charge is 0.372 e. The molecule has 4 nitrogen and oxygen atoms in total. The average Bonchev–Trinajstić information content (AvgIpc) is 2.18. The van der Waals surface area contributed by atoms with E-state index in [0.29, 0.717) is 16.7 Å². The molecule has 1 N–H and O–H groups in total. The number of rotatable bonds is 2. The van der Waals surface area contributed by atoms with Gasteiger partial charge in [-0.15, -0.1) is 5.92 Å². The summed E-state index contributed by atoms with van der Waals surface area (Å²) in [7, 11) is 1.60. The number of nitrogens with zero attached hydrogens (tertiary/aromatic N) is 2. The van der Waals surface area contributed by atoms with Crippen molar-refractivity contribution in [3.8, 4) is 11.8 Å². The fraction of sp³-hybridized carbons (Fsp3) is 0.333. The van der Waals surface area contributed by atoms with Gasteiger partial charge in [0.05, 0.1) is 18.4 Å². The van der Waals surface area contributed by atoms with Gasteiger partial charge < -0.3 is 5.32 Å². The molecule has 1 heterocycles. The number of aromatic nitrogens is 2. The highest BCUT2D eigenvalue weighted by Crippen LogP contribution is 2.14. The van der Waals surface area contributed by atoms with Crippen LogP contribution in [0.5, 0.6) is 0 Å². The van der Waals surface area contributed by atoms with Gasteiger partial charge in [-0.25, -0.2) is 4.68 Å². The number of hydrogen-bond donors (Lipinski definition) is 1. The van der Waals surface area contributed by atoms with Gasteiger partial charge in [-0.05, 0) is 22.9 Å². The van der Waals surface area contributed by atoms with Crippen molar-refractivity contribution in [2.75, 3.05) is 11.9 Å². The van der Waals surface area contributed by atoms with Gasteiger partial charge in [0, 0.05) is 7.05 Å². The number of nitrogens with one attached hydrogen (secondary N) is 1. The smallest absolute Gasteiger partial charge is 0.282 e. The van der Waals surface area contributed by atoms with Gasteiger partial charge in [0.1, 0.15) is 4.47 Å². The van der Waals surface area contributed by atoms with Gasteiger partial charge in [-0.2, -0.15) is 5.10 Å². The Morgan fingerprint density at radius 3 is 3.07 bits per heavy atom. The third-order valence-corrected chi connectivity index (χ3v) is 2.39. The fourth-order valence-electron chi connectivity index (χ4n) is 0.862. The topological polar surface area (TPSA) is 46.9 Å². The highest BCUT2D eigenvalue weighted by Gasteiger charge is 2.04. The van der Waals surface area contributed by atoms with Crippen molar-refractivity contribution < 1.29 is 0 Å². The van der Waals surface area contributed by atoms with Gasteiger partial charge in [0.2, 0.25) is 0 Å². The summed E-state index contributed by atoms with van der Waals surface area (Å²) in [6.45, 7) is 2.27. The summed E-state index contributed by atoms with van der Waals surface area (Å²) < 4.78 is 1.74. The molecule has 0 fully saturated rings. The lowest BCUT2D eigenvalue weighted by molar-refractivity contribution is 0.703. The molecule has 0 saturated heterocycles. The van der Waals surface area contributed by atoms with E-state index >= 15 is 0 Å². The van der Waals surface area contributed by atoms with Crippen LogP contribution >= 0.6 is 15.9 Å². The van der Waals surface area contributed by atoms with Crippen LogP contribution < -0.4 is 10.9 Å². The lowest BCUT2D eigenvalue weighted by Gasteiger charge is -2.04. The quantitative estimate of drug-likeness (QED) is 0.802. The van der Waals surface area contributed by atoms with Crippen molar-refractivity contribution in [2.24, 2.45) is 7.05 Å². The van der Waals surface area contributed by atoms with Crippen molar-refractivity contribution in [3.05, 3.63) is 21.0 Å². The van der Waals surface area contributed by atoms with Crippen LogP contribution in [0.3, 0.4) is 0 Å². The van der Waals surface area contributed by atoms with E-state index in [9.17, 15) is 4.79 Å². The maximum atomic E-state index is 11.4.